The van der Waals surface area contributed by atoms with Crippen LogP contribution in [0.5, 0.6) is 0 Å². The number of imidazole rings is 1. The Labute approximate surface area is 109 Å². The average Bonchev–Trinajstić information content (AvgIpc) is 2.92. The van der Waals surface area contributed by atoms with Gasteiger partial charge in [-0.1, -0.05) is 11.8 Å². The summed E-state index contributed by atoms with van der Waals surface area (Å²) in [5.74, 6) is 0.999. The molecule has 4 N–H and O–H groups in total. The third kappa shape index (κ3) is 2.28. The highest BCUT2D eigenvalue weighted by molar-refractivity contribution is 7.99. The molecular weight excluding hydrogens is 248 g/mol. The molecule has 2 aromatic rings. The standard InChI is InChI=1S/C12H14N4OS/c13-7-1-3-9-10(5-7)16-12(15-9)18-6-8-2-4-11(17)14-8/h1,3,5,8H,2,4,6,13H2,(H,14,17)(H,15,16). The van der Waals surface area contributed by atoms with E-state index in [0.29, 0.717) is 6.42 Å². The third-order valence-corrected chi connectivity index (χ3v) is 4.03. The molecule has 3 rings (SSSR count). The fourth-order valence-corrected chi connectivity index (χ4v) is 3.01. The molecule has 2 heterocycles. The van der Waals surface area contributed by atoms with Crippen LogP contribution in [-0.4, -0.2) is 27.7 Å². The first-order valence-electron chi connectivity index (χ1n) is 5.88. The first kappa shape index (κ1) is 11.4. The Morgan fingerprint density at radius 1 is 1.50 bits per heavy atom. The zero-order valence-corrected chi connectivity index (χ0v) is 10.6. The summed E-state index contributed by atoms with van der Waals surface area (Å²) in [5, 5.41) is 3.82. The maximum atomic E-state index is 11.1. The number of nitrogens with zero attached hydrogens (tertiary/aromatic N) is 1. The number of carbonyl (C=O) groups is 1. The van der Waals surface area contributed by atoms with Crippen molar-refractivity contribution in [2.24, 2.45) is 0 Å². The molecular formula is C12H14N4OS. The molecule has 0 bridgehead atoms. The predicted octanol–water partition coefficient (Wildman–Crippen LogP) is 1.52. The van der Waals surface area contributed by atoms with E-state index in [0.717, 1.165) is 34.1 Å². The van der Waals surface area contributed by atoms with E-state index in [1.54, 1.807) is 11.8 Å². The second kappa shape index (κ2) is 4.53. The lowest BCUT2D eigenvalue weighted by Crippen LogP contribution is -2.27. The minimum absolute atomic E-state index is 0.151. The number of carbonyl (C=O) groups excluding carboxylic acids is 1. The molecule has 1 aliphatic heterocycles. The number of hydrogen-bond donors (Lipinski definition) is 3. The number of hydrogen-bond acceptors (Lipinski definition) is 4. The van der Waals surface area contributed by atoms with Crippen LogP contribution in [0.3, 0.4) is 0 Å². The van der Waals surface area contributed by atoms with Crippen molar-refractivity contribution in [2.75, 3.05) is 11.5 Å². The molecule has 0 radical (unpaired) electrons. The van der Waals surface area contributed by atoms with Crippen LogP contribution < -0.4 is 11.1 Å². The zero-order chi connectivity index (χ0) is 12.5. The van der Waals surface area contributed by atoms with Crippen LogP contribution in [0.2, 0.25) is 0 Å². The highest BCUT2D eigenvalue weighted by Crippen LogP contribution is 2.23. The molecule has 1 aromatic carbocycles. The number of benzene rings is 1. The summed E-state index contributed by atoms with van der Waals surface area (Å²) in [7, 11) is 0. The van der Waals surface area contributed by atoms with Crippen LogP contribution in [0.4, 0.5) is 5.69 Å². The number of aromatic nitrogens is 2. The van der Waals surface area contributed by atoms with E-state index in [-0.39, 0.29) is 11.9 Å². The molecule has 18 heavy (non-hydrogen) atoms. The lowest BCUT2D eigenvalue weighted by molar-refractivity contribution is -0.119. The average molecular weight is 262 g/mol. The molecule has 6 heteroatoms. The van der Waals surface area contributed by atoms with Gasteiger partial charge in [0.2, 0.25) is 5.91 Å². The fraction of sp³-hybridized carbons (Fsp3) is 0.333. The zero-order valence-electron chi connectivity index (χ0n) is 9.77. The van der Waals surface area contributed by atoms with Crippen LogP contribution >= 0.6 is 11.8 Å². The van der Waals surface area contributed by atoms with Gasteiger partial charge in [-0.3, -0.25) is 4.79 Å². The Morgan fingerprint density at radius 3 is 3.17 bits per heavy atom. The first-order valence-corrected chi connectivity index (χ1v) is 6.87. The van der Waals surface area contributed by atoms with E-state index in [2.05, 4.69) is 15.3 Å². The van der Waals surface area contributed by atoms with Crippen molar-refractivity contribution < 1.29 is 4.79 Å². The van der Waals surface area contributed by atoms with Gasteiger partial charge in [0.05, 0.1) is 11.0 Å². The molecule has 1 fully saturated rings. The number of H-pyrrole nitrogens is 1. The number of thioether (sulfide) groups is 1. The van der Waals surface area contributed by atoms with Crippen LogP contribution in [0.15, 0.2) is 23.4 Å². The SMILES string of the molecule is Nc1ccc2nc(SCC3CCC(=O)N3)[nH]c2c1. The summed E-state index contributed by atoms with van der Waals surface area (Å²) < 4.78 is 0. The van der Waals surface area contributed by atoms with Crippen LogP contribution in [0, 0.1) is 0 Å². The molecule has 1 aliphatic rings. The summed E-state index contributed by atoms with van der Waals surface area (Å²) in [6, 6.07) is 5.89. The Morgan fingerprint density at radius 2 is 2.39 bits per heavy atom. The quantitative estimate of drug-likeness (QED) is 0.578. The fourth-order valence-electron chi connectivity index (χ4n) is 2.05. The second-order valence-electron chi connectivity index (χ2n) is 4.43. The number of anilines is 1. The summed E-state index contributed by atoms with van der Waals surface area (Å²) in [6.07, 6.45) is 1.56. The van der Waals surface area contributed by atoms with Gasteiger partial charge in [0.15, 0.2) is 5.16 Å². The molecule has 0 saturated carbocycles. The number of nitrogen functional groups attached to an aromatic ring is 1. The van der Waals surface area contributed by atoms with Gasteiger partial charge in [-0.25, -0.2) is 4.98 Å². The van der Waals surface area contributed by atoms with Gasteiger partial charge in [0.1, 0.15) is 0 Å². The highest BCUT2D eigenvalue weighted by atomic mass is 32.2. The number of nitrogens with two attached hydrogens (primary N) is 1. The van der Waals surface area contributed by atoms with Gasteiger partial charge in [0.25, 0.3) is 0 Å². The first-order chi connectivity index (χ1) is 8.70. The van der Waals surface area contributed by atoms with Gasteiger partial charge >= 0.3 is 0 Å². The smallest absolute Gasteiger partial charge is 0.220 e. The Bertz CT molecular complexity index is 595. The van der Waals surface area contributed by atoms with Crippen molar-refractivity contribution in [3.8, 4) is 0 Å². The van der Waals surface area contributed by atoms with Crippen LogP contribution in [0.1, 0.15) is 12.8 Å². The molecule has 1 saturated heterocycles. The molecule has 1 atom stereocenters. The number of fused-ring (bicyclic) bond motifs is 1. The third-order valence-electron chi connectivity index (χ3n) is 2.99. The monoisotopic (exact) mass is 262 g/mol. The van der Waals surface area contributed by atoms with Crippen molar-refractivity contribution >= 4 is 34.4 Å². The molecule has 1 aromatic heterocycles. The van der Waals surface area contributed by atoms with Crippen molar-refractivity contribution in [3.05, 3.63) is 18.2 Å². The van der Waals surface area contributed by atoms with Crippen molar-refractivity contribution in [1.29, 1.82) is 0 Å². The molecule has 94 valence electrons. The van der Waals surface area contributed by atoms with Crippen LogP contribution in [-0.2, 0) is 4.79 Å². The van der Waals surface area contributed by atoms with Crippen LogP contribution in [0.25, 0.3) is 11.0 Å². The maximum Gasteiger partial charge on any atom is 0.220 e. The van der Waals surface area contributed by atoms with E-state index < -0.39 is 0 Å². The van der Waals surface area contributed by atoms with Crippen molar-refractivity contribution in [1.82, 2.24) is 15.3 Å². The van der Waals surface area contributed by atoms with Gasteiger partial charge < -0.3 is 16.0 Å². The number of rotatable bonds is 3. The summed E-state index contributed by atoms with van der Waals surface area (Å²) in [4.78, 5) is 18.8. The van der Waals surface area contributed by atoms with Gasteiger partial charge in [-0.05, 0) is 24.6 Å². The Kier molecular flexibility index (Phi) is 2.87. The number of nitrogens with one attached hydrogen (secondary N) is 2. The highest BCUT2D eigenvalue weighted by Gasteiger charge is 2.20. The minimum Gasteiger partial charge on any atom is -0.399 e. The van der Waals surface area contributed by atoms with Gasteiger partial charge in [0, 0.05) is 23.9 Å². The molecule has 5 nitrogen and oxygen atoms in total. The predicted molar refractivity (Wildman–Crippen MR) is 72.4 cm³/mol. The van der Waals surface area contributed by atoms with Crippen molar-refractivity contribution in [3.63, 3.8) is 0 Å². The largest absolute Gasteiger partial charge is 0.399 e. The summed E-state index contributed by atoms with van der Waals surface area (Å²) in [6.45, 7) is 0. The molecule has 1 amide bonds. The normalized spacial score (nSPS) is 19.3. The maximum absolute atomic E-state index is 11.1. The summed E-state index contributed by atoms with van der Waals surface area (Å²) in [5.41, 5.74) is 8.32. The minimum atomic E-state index is 0.151. The van der Waals surface area contributed by atoms with Gasteiger partial charge in [-0.2, -0.15) is 0 Å². The van der Waals surface area contributed by atoms with Crippen molar-refractivity contribution in [2.45, 2.75) is 24.0 Å². The lowest BCUT2D eigenvalue weighted by atomic mass is 10.2. The number of aromatic amines is 1. The Balaban J connectivity index is 1.69. The lowest BCUT2D eigenvalue weighted by Gasteiger charge is -2.06. The Hall–Kier alpha value is -1.69. The van der Waals surface area contributed by atoms with Gasteiger partial charge in [-0.15, -0.1) is 0 Å². The summed E-state index contributed by atoms with van der Waals surface area (Å²) >= 11 is 1.63. The second-order valence-corrected chi connectivity index (χ2v) is 5.44. The van der Waals surface area contributed by atoms with E-state index in [4.69, 9.17) is 5.73 Å². The van der Waals surface area contributed by atoms with E-state index >= 15 is 0 Å². The number of amides is 1. The van der Waals surface area contributed by atoms with E-state index in [9.17, 15) is 4.79 Å². The van der Waals surface area contributed by atoms with E-state index in [1.807, 2.05) is 18.2 Å². The molecule has 1 unspecified atom stereocenters. The molecule has 0 spiro atoms. The van der Waals surface area contributed by atoms with E-state index in [1.165, 1.54) is 0 Å². The molecule has 0 aliphatic carbocycles. The topological polar surface area (TPSA) is 83.8 Å².